The highest BCUT2D eigenvalue weighted by Crippen LogP contribution is 2.21. The summed E-state index contributed by atoms with van der Waals surface area (Å²) in [6.07, 6.45) is 3.64. The first kappa shape index (κ1) is 16.5. The van der Waals surface area contributed by atoms with Crippen LogP contribution < -0.4 is 0 Å². The van der Waals surface area contributed by atoms with Gasteiger partial charge in [-0.15, -0.1) is 5.92 Å². The lowest BCUT2D eigenvalue weighted by atomic mass is 9.93. The van der Waals surface area contributed by atoms with Gasteiger partial charge in [0.05, 0.1) is 5.60 Å². The zero-order valence-electron chi connectivity index (χ0n) is 12.0. The van der Waals surface area contributed by atoms with Gasteiger partial charge < -0.3 is 9.84 Å². The Morgan fingerprint density at radius 3 is 2.53 bits per heavy atom. The number of aliphatic hydroxyl groups is 1. The first-order valence-corrected chi connectivity index (χ1v) is 6.65. The third kappa shape index (κ3) is 9.21. The predicted octanol–water partition coefficient (Wildman–Crippen LogP) is 3.38. The van der Waals surface area contributed by atoms with E-state index in [1.165, 1.54) is 0 Å². The van der Waals surface area contributed by atoms with Crippen LogP contribution in [0.3, 0.4) is 0 Å². The van der Waals surface area contributed by atoms with Crippen molar-refractivity contribution in [1.29, 1.82) is 0 Å². The molecule has 2 nitrogen and oxygen atoms in total. The molecule has 0 radical (unpaired) electrons. The topological polar surface area (TPSA) is 29.5 Å². The lowest BCUT2D eigenvalue weighted by molar-refractivity contribution is -0.0184. The molecule has 0 bridgehead atoms. The smallest absolute Gasteiger partial charge is 0.115 e. The van der Waals surface area contributed by atoms with Crippen molar-refractivity contribution in [2.45, 2.75) is 72.0 Å². The number of ether oxygens (including phenoxy) is 1. The van der Waals surface area contributed by atoms with E-state index in [1.54, 1.807) is 6.92 Å². The van der Waals surface area contributed by atoms with E-state index in [1.807, 2.05) is 6.92 Å². The van der Waals surface area contributed by atoms with Crippen LogP contribution in [0.4, 0.5) is 0 Å². The van der Waals surface area contributed by atoms with Gasteiger partial charge in [0.15, 0.2) is 0 Å². The highest BCUT2D eigenvalue weighted by molar-refractivity contribution is 5.01. The molecule has 0 aliphatic carbocycles. The van der Waals surface area contributed by atoms with Gasteiger partial charge in [-0.2, -0.15) is 0 Å². The van der Waals surface area contributed by atoms with E-state index in [0.29, 0.717) is 5.92 Å². The molecule has 0 saturated heterocycles. The average Bonchev–Trinajstić information content (AvgIpc) is 2.16. The van der Waals surface area contributed by atoms with Crippen molar-refractivity contribution in [3.63, 3.8) is 0 Å². The summed E-state index contributed by atoms with van der Waals surface area (Å²) >= 11 is 0. The van der Waals surface area contributed by atoms with Crippen LogP contribution in [0.5, 0.6) is 0 Å². The minimum absolute atomic E-state index is 0.0175. The molecule has 0 aliphatic rings. The van der Waals surface area contributed by atoms with Crippen LogP contribution >= 0.6 is 0 Å². The Morgan fingerprint density at radius 1 is 1.35 bits per heavy atom. The molecule has 100 valence electrons. The summed E-state index contributed by atoms with van der Waals surface area (Å²) in [4.78, 5) is 0. The van der Waals surface area contributed by atoms with E-state index in [-0.39, 0.29) is 5.60 Å². The van der Waals surface area contributed by atoms with Gasteiger partial charge in [-0.3, -0.25) is 0 Å². The molecular weight excluding hydrogens is 212 g/mol. The van der Waals surface area contributed by atoms with Crippen molar-refractivity contribution < 1.29 is 9.84 Å². The highest BCUT2D eigenvalue weighted by Gasteiger charge is 2.17. The van der Waals surface area contributed by atoms with E-state index in [2.05, 4.69) is 32.6 Å². The maximum absolute atomic E-state index is 9.56. The normalized spacial score (nSPS) is 14.9. The SMILES string of the molecule is CC#CC(O)CC(C)CCCC(C)(C)OCC. The average molecular weight is 240 g/mol. The van der Waals surface area contributed by atoms with Crippen LogP contribution in [0, 0.1) is 17.8 Å². The van der Waals surface area contributed by atoms with Crippen molar-refractivity contribution in [1.82, 2.24) is 0 Å². The van der Waals surface area contributed by atoms with Gasteiger partial charge in [0.25, 0.3) is 0 Å². The summed E-state index contributed by atoms with van der Waals surface area (Å²) in [6, 6.07) is 0. The third-order valence-electron chi connectivity index (χ3n) is 2.95. The summed E-state index contributed by atoms with van der Waals surface area (Å²) in [6.45, 7) is 11.0. The fraction of sp³-hybridized carbons (Fsp3) is 0.867. The fourth-order valence-electron chi connectivity index (χ4n) is 2.06. The Hall–Kier alpha value is -0.520. The van der Waals surface area contributed by atoms with Crippen LogP contribution in [-0.2, 0) is 4.74 Å². The van der Waals surface area contributed by atoms with Gasteiger partial charge in [0, 0.05) is 6.61 Å². The standard InChI is InChI=1S/C15H28O2/c1-6-9-14(16)12-13(3)10-8-11-15(4,5)17-7-2/h13-14,16H,7-8,10-12H2,1-5H3. The number of hydrogen-bond acceptors (Lipinski definition) is 2. The lowest BCUT2D eigenvalue weighted by Gasteiger charge is -2.25. The van der Waals surface area contributed by atoms with E-state index >= 15 is 0 Å². The highest BCUT2D eigenvalue weighted by atomic mass is 16.5. The van der Waals surface area contributed by atoms with Crippen LogP contribution in [0.1, 0.15) is 60.3 Å². The first-order chi connectivity index (χ1) is 7.91. The Morgan fingerprint density at radius 2 is 2.00 bits per heavy atom. The number of aliphatic hydroxyl groups excluding tert-OH is 1. The second kappa shape index (κ2) is 8.55. The van der Waals surface area contributed by atoms with Gasteiger partial charge in [-0.1, -0.05) is 25.7 Å². The molecule has 0 spiro atoms. The molecule has 0 fully saturated rings. The first-order valence-electron chi connectivity index (χ1n) is 6.65. The molecule has 17 heavy (non-hydrogen) atoms. The molecule has 0 aromatic rings. The molecule has 0 heterocycles. The summed E-state index contributed by atoms with van der Waals surface area (Å²) in [5, 5.41) is 9.56. The van der Waals surface area contributed by atoms with Crippen LogP contribution in [-0.4, -0.2) is 23.4 Å². The molecule has 0 rings (SSSR count). The molecule has 0 amide bonds. The third-order valence-corrected chi connectivity index (χ3v) is 2.95. The molecule has 0 aromatic carbocycles. The van der Waals surface area contributed by atoms with Crippen LogP contribution in [0.25, 0.3) is 0 Å². The van der Waals surface area contributed by atoms with Crippen LogP contribution in [0.15, 0.2) is 0 Å². The van der Waals surface area contributed by atoms with Gasteiger partial charge in [0.2, 0.25) is 0 Å². The Labute approximate surface area is 107 Å². The van der Waals surface area contributed by atoms with Crippen molar-refractivity contribution in [3.8, 4) is 11.8 Å². The van der Waals surface area contributed by atoms with Gasteiger partial charge in [0.1, 0.15) is 6.10 Å². The van der Waals surface area contributed by atoms with Crippen LogP contribution in [0.2, 0.25) is 0 Å². The second-order valence-corrected chi connectivity index (χ2v) is 5.34. The van der Waals surface area contributed by atoms with Gasteiger partial charge >= 0.3 is 0 Å². The zero-order valence-corrected chi connectivity index (χ0v) is 12.0. The monoisotopic (exact) mass is 240 g/mol. The Bertz CT molecular complexity index is 247. The zero-order chi connectivity index (χ0) is 13.3. The molecule has 0 aromatic heterocycles. The predicted molar refractivity (Wildman–Crippen MR) is 72.8 cm³/mol. The molecule has 2 atom stereocenters. The summed E-state index contributed by atoms with van der Waals surface area (Å²) in [5.74, 6) is 6.05. The molecule has 2 heteroatoms. The second-order valence-electron chi connectivity index (χ2n) is 5.34. The minimum atomic E-state index is -0.463. The maximum atomic E-state index is 9.56. The summed E-state index contributed by atoms with van der Waals surface area (Å²) < 4.78 is 5.66. The van der Waals surface area contributed by atoms with Crippen molar-refractivity contribution in [2.24, 2.45) is 5.92 Å². The number of hydrogen-bond donors (Lipinski definition) is 1. The lowest BCUT2D eigenvalue weighted by Crippen LogP contribution is -2.24. The van der Waals surface area contributed by atoms with E-state index in [0.717, 1.165) is 32.3 Å². The Kier molecular flexibility index (Phi) is 8.29. The largest absolute Gasteiger partial charge is 0.380 e. The Balaban J connectivity index is 3.76. The van der Waals surface area contributed by atoms with Crippen molar-refractivity contribution in [2.75, 3.05) is 6.61 Å². The fourth-order valence-corrected chi connectivity index (χ4v) is 2.06. The molecule has 0 saturated carbocycles. The molecule has 1 N–H and O–H groups in total. The maximum Gasteiger partial charge on any atom is 0.115 e. The summed E-state index contributed by atoms with van der Waals surface area (Å²) in [7, 11) is 0. The van der Waals surface area contributed by atoms with Crippen molar-refractivity contribution >= 4 is 0 Å². The van der Waals surface area contributed by atoms with Crippen molar-refractivity contribution in [3.05, 3.63) is 0 Å². The van der Waals surface area contributed by atoms with E-state index < -0.39 is 6.10 Å². The van der Waals surface area contributed by atoms with E-state index in [4.69, 9.17) is 4.74 Å². The molecule has 2 unspecified atom stereocenters. The molecule has 0 aliphatic heterocycles. The van der Waals surface area contributed by atoms with Gasteiger partial charge in [-0.05, 0) is 46.5 Å². The number of rotatable bonds is 8. The van der Waals surface area contributed by atoms with E-state index in [9.17, 15) is 5.11 Å². The molecular formula is C15H28O2. The quantitative estimate of drug-likeness (QED) is 0.659. The van der Waals surface area contributed by atoms with Gasteiger partial charge in [-0.25, -0.2) is 0 Å². The summed E-state index contributed by atoms with van der Waals surface area (Å²) in [5.41, 5.74) is -0.0175. The minimum Gasteiger partial charge on any atom is -0.380 e.